The lowest BCUT2D eigenvalue weighted by atomic mass is 9.63. The maximum Gasteiger partial charge on any atom is 0.124 e. The van der Waals surface area contributed by atoms with Gasteiger partial charge in [0.2, 0.25) is 0 Å². The number of fused-ring (bicyclic) bond motifs is 1. The number of hydrogen-bond donors (Lipinski definition) is 0. The van der Waals surface area contributed by atoms with Crippen LogP contribution in [0.1, 0.15) is 19.3 Å². The fourth-order valence-corrected chi connectivity index (χ4v) is 5.51. The molecule has 2 fully saturated rings. The zero-order valence-corrected chi connectivity index (χ0v) is 21.1. The SMILES string of the molecule is COc1cc(OC)cc(N(CCN2CC3(CCC3)C2)c2ccc3ncc(-c4cnn(C)c4)nc3c2)c1. The van der Waals surface area contributed by atoms with Crippen LogP contribution >= 0.6 is 0 Å². The number of hydrogen-bond acceptors (Lipinski definition) is 7. The monoisotopic (exact) mass is 484 g/mol. The van der Waals surface area contributed by atoms with E-state index in [2.05, 4.69) is 44.1 Å². The Labute approximate surface area is 211 Å². The van der Waals surface area contributed by atoms with Gasteiger partial charge in [-0.1, -0.05) is 6.42 Å². The molecule has 1 saturated carbocycles. The number of aromatic nitrogens is 4. The maximum absolute atomic E-state index is 5.58. The van der Waals surface area contributed by atoms with Crippen molar-refractivity contribution in [3.63, 3.8) is 0 Å². The van der Waals surface area contributed by atoms with Crippen molar-refractivity contribution in [2.75, 3.05) is 45.3 Å². The summed E-state index contributed by atoms with van der Waals surface area (Å²) in [6.07, 6.45) is 9.76. The lowest BCUT2D eigenvalue weighted by Crippen LogP contribution is -2.60. The van der Waals surface area contributed by atoms with Crippen LogP contribution in [-0.4, -0.2) is 65.0 Å². The van der Waals surface area contributed by atoms with Crippen LogP contribution < -0.4 is 14.4 Å². The first-order chi connectivity index (χ1) is 17.5. The summed E-state index contributed by atoms with van der Waals surface area (Å²) < 4.78 is 12.9. The Bertz CT molecular complexity index is 1370. The van der Waals surface area contributed by atoms with Gasteiger partial charge in [-0.15, -0.1) is 0 Å². The van der Waals surface area contributed by atoms with Gasteiger partial charge in [-0.3, -0.25) is 9.67 Å². The Morgan fingerprint density at radius 2 is 1.72 bits per heavy atom. The van der Waals surface area contributed by atoms with Crippen molar-refractivity contribution in [1.29, 1.82) is 0 Å². The van der Waals surface area contributed by atoms with E-state index >= 15 is 0 Å². The first-order valence-corrected chi connectivity index (χ1v) is 12.5. The number of aryl methyl sites for hydroxylation is 1. The van der Waals surface area contributed by atoms with E-state index in [1.807, 2.05) is 37.8 Å². The zero-order chi connectivity index (χ0) is 24.7. The lowest BCUT2D eigenvalue weighted by Gasteiger charge is -2.56. The number of likely N-dealkylation sites (tertiary alicyclic amines) is 1. The van der Waals surface area contributed by atoms with E-state index in [4.69, 9.17) is 14.5 Å². The molecule has 3 heterocycles. The van der Waals surface area contributed by atoms with E-state index in [0.29, 0.717) is 5.41 Å². The molecular formula is C28H32N6O2. The third-order valence-corrected chi connectivity index (χ3v) is 7.66. The van der Waals surface area contributed by atoms with Crippen molar-refractivity contribution in [3.8, 4) is 22.8 Å². The number of methoxy groups -OCH3 is 2. The van der Waals surface area contributed by atoms with Crippen LogP contribution in [0.15, 0.2) is 55.0 Å². The first kappa shape index (κ1) is 22.8. The van der Waals surface area contributed by atoms with Crippen LogP contribution in [0.5, 0.6) is 11.5 Å². The van der Waals surface area contributed by atoms with Crippen LogP contribution in [0.2, 0.25) is 0 Å². The molecule has 1 saturated heterocycles. The highest BCUT2D eigenvalue weighted by Gasteiger charge is 2.46. The average Bonchev–Trinajstić information content (AvgIpc) is 3.29. The Balaban J connectivity index is 1.34. The molecular weight excluding hydrogens is 452 g/mol. The van der Waals surface area contributed by atoms with E-state index in [9.17, 15) is 0 Å². The number of ether oxygens (including phenoxy) is 2. The molecule has 6 rings (SSSR count). The summed E-state index contributed by atoms with van der Waals surface area (Å²) in [7, 11) is 5.28. The topological polar surface area (TPSA) is 68.5 Å². The van der Waals surface area contributed by atoms with Crippen LogP contribution in [0.3, 0.4) is 0 Å². The Kier molecular flexibility index (Phi) is 5.76. The van der Waals surface area contributed by atoms with Gasteiger partial charge in [0.25, 0.3) is 0 Å². The van der Waals surface area contributed by atoms with E-state index in [1.54, 1.807) is 18.9 Å². The quantitative estimate of drug-likeness (QED) is 0.360. The Hall–Kier alpha value is -3.65. The number of nitrogens with zero attached hydrogens (tertiary/aromatic N) is 6. The molecule has 186 valence electrons. The summed E-state index contributed by atoms with van der Waals surface area (Å²) in [6.45, 7) is 4.30. The molecule has 1 aliphatic heterocycles. The summed E-state index contributed by atoms with van der Waals surface area (Å²) in [5, 5.41) is 4.28. The Morgan fingerprint density at radius 3 is 2.36 bits per heavy atom. The number of benzene rings is 2. The highest BCUT2D eigenvalue weighted by Crippen LogP contribution is 2.48. The highest BCUT2D eigenvalue weighted by atomic mass is 16.5. The van der Waals surface area contributed by atoms with Crippen molar-refractivity contribution >= 4 is 22.4 Å². The minimum atomic E-state index is 0.616. The van der Waals surface area contributed by atoms with E-state index in [0.717, 1.165) is 58.3 Å². The molecule has 2 aromatic heterocycles. The third-order valence-electron chi connectivity index (χ3n) is 7.66. The van der Waals surface area contributed by atoms with Crippen molar-refractivity contribution in [2.24, 2.45) is 12.5 Å². The fourth-order valence-electron chi connectivity index (χ4n) is 5.51. The van der Waals surface area contributed by atoms with Crippen LogP contribution in [0.4, 0.5) is 11.4 Å². The molecule has 4 aromatic rings. The summed E-state index contributed by atoms with van der Waals surface area (Å²) in [5.74, 6) is 1.54. The molecule has 2 aromatic carbocycles. The molecule has 0 bridgehead atoms. The second-order valence-electron chi connectivity index (χ2n) is 10.1. The molecule has 8 nitrogen and oxygen atoms in total. The minimum Gasteiger partial charge on any atom is -0.497 e. The molecule has 2 aliphatic rings. The lowest BCUT2D eigenvalue weighted by molar-refractivity contribution is -0.0575. The zero-order valence-electron chi connectivity index (χ0n) is 21.1. The summed E-state index contributed by atoms with van der Waals surface area (Å²) in [6, 6.07) is 12.3. The molecule has 0 atom stereocenters. The number of rotatable bonds is 8. The molecule has 0 N–H and O–H groups in total. The van der Waals surface area contributed by atoms with Gasteiger partial charge in [-0.25, -0.2) is 4.98 Å². The van der Waals surface area contributed by atoms with Gasteiger partial charge in [0, 0.05) is 74.6 Å². The van der Waals surface area contributed by atoms with Crippen LogP contribution in [-0.2, 0) is 7.05 Å². The normalized spacial score (nSPS) is 16.5. The van der Waals surface area contributed by atoms with E-state index < -0.39 is 0 Å². The molecule has 8 heteroatoms. The molecule has 0 radical (unpaired) electrons. The van der Waals surface area contributed by atoms with Crippen LogP contribution in [0.25, 0.3) is 22.3 Å². The van der Waals surface area contributed by atoms with Gasteiger partial charge in [0.15, 0.2) is 0 Å². The van der Waals surface area contributed by atoms with Crippen molar-refractivity contribution in [2.45, 2.75) is 19.3 Å². The Morgan fingerprint density at radius 1 is 0.944 bits per heavy atom. The van der Waals surface area contributed by atoms with Crippen molar-refractivity contribution in [3.05, 3.63) is 55.0 Å². The van der Waals surface area contributed by atoms with Gasteiger partial charge in [0.1, 0.15) is 11.5 Å². The molecule has 36 heavy (non-hydrogen) atoms. The average molecular weight is 485 g/mol. The van der Waals surface area contributed by atoms with Gasteiger partial charge in [0.05, 0.1) is 43.3 Å². The molecule has 1 aliphatic carbocycles. The van der Waals surface area contributed by atoms with Crippen molar-refractivity contribution in [1.82, 2.24) is 24.6 Å². The first-order valence-electron chi connectivity index (χ1n) is 12.5. The van der Waals surface area contributed by atoms with E-state index in [-0.39, 0.29) is 0 Å². The molecule has 0 unspecified atom stereocenters. The summed E-state index contributed by atoms with van der Waals surface area (Å²) >= 11 is 0. The third kappa shape index (κ3) is 4.26. The summed E-state index contributed by atoms with van der Waals surface area (Å²) in [4.78, 5) is 14.5. The van der Waals surface area contributed by atoms with Gasteiger partial charge in [-0.05, 0) is 36.5 Å². The smallest absolute Gasteiger partial charge is 0.124 e. The second kappa shape index (κ2) is 9.09. The van der Waals surface area contributed by atoms with Gasteiger partial charge >= 0.3 is 0 Å². The standard InChI is InChI=1S/C28H32N6O2/c1-32-17-20(15-30-32)27-16-29-25-6-5-21(13-26(25)31-27)34(10-9-33-18-28(19-33)7-4-8-28)22-11-23(35-2)14-24(12-22)36-3/h5-6,11-17H,4,7-10,18-19H2,1-3H3. The van der Waals surface area contributed by atoms with Gasteiger partial charge < -0.3 is 19.3 Å². The predicted molar refractivity (Wildman–Crippen MR) is 141 cm³/mol. The molecule has 0 amide bonds. The van der Waals surface area contributed by atoms with Crippen molar-refractivity contribution < 1.29 is 9.47 Å². The minimum absolute atomic E-state index is 0.616. The largest absolute Gasteiger partial charge is 0.497 e. The van der Waals surface area contributed by atoms with Crippen LogP contribution in [0, 0.1) is 5.41 Å². The maximum atomic E-state index is 5.58. The van der Waals surface area contributed by atoms with Gasteiger partial charge in [-0.2, -0.15) is 5.10 Å². The molecule has 1 spiro atoms. The number of anilines is 2. The predicted octanol–water partition coefficient (Wildman–Crippen LogP) is 4.67. The summed E-state index contributed by atoms with van der Waals surface area (Å²) in [5.41, 5.74) is 6.19. The van der Waals surface area contributed by atoms with E-state index in [1.165, 1.54) is 32.4 Å². The second-order valence-corrected chi connectivity index (χ2v) is 10.1. The fraction of sp³-hybridized carbons (Fsp3) is 0.393. The highest BCUT2D eigenvalue weighted by molar-refractivity contribution is 5.82.